The Bertz CT molecular complexity index is 1630. The monoisotopic (exact) mass is 636 g/mol. The molecule has 0 saturated carbocycles. The smallest absolute Gasteiger partial charge is 0.362 e. The standard InChI is InChI=1S/C26H22F6N2O4S3/c27-25(28,29)18-8-6-17(7-9-18)24(39)34-14-12-19(13-15-34)33-41(37,38)23-16-21(10-11-22(23)26(30,31)32)40(35,36)20-4-2-1-3-5-20/h1-11,16,19,33H,12-15H2. The van der Waals surface area contributed by atoms with Gasteiger partial charge in [0.05, 0.1) is 25.8 Å². The van der Waals surface area contributed by atoms with Crippen molar-refractivity contribution >= 4 is 37.1 Å². The number of halogens is 6. The summed E-state index contributed by atoms with van der Waals surface area (Å²) in [5, 5.41) is 0. The van der Waals surface area contributed by atoms with Gasteiger partial charge in [-0.15, -0.1) is 0 Å². The minimum atomic E-state index is -5.09. The van der Waals surface area contributed by atoms with Gasteiger partial charge in [-0.05, 0) is 55.3 Å². The van der Waals surface area contributed by atoms with Crippen LogP contribution >= 0.6 is 12.2 Å². The Kier molecular flexibility index (Phi) is 8.56. The third-order valence-corrected chi connectivity index (χ3v) is 10.3. The van der Waals surface area contributed by atoms with Gasteiger partial charge < -0.3 is 4.90 Å². The summed E-state index contributed by atoms with van der Waals surface area (Å²) in [6.45, 7) is 0.364. The van der Waals surface area contributed by atoms with E-state index >= 15 is 0 Å². The van der Waals surface area contributed by atoms with Crippen LogP contribution in [0.4, 0.5) is 26.3 Å². The van der Waals surface area contributed by atoms with E-state index in [9.17, 15) is 43.2 Å². The van der Waals surface area contributed by atoms with Gasteiger partial charge in [-0.3, -0.25) is 0 Å². The van der Waals surface area contributed by atoms with Gasteiger partial charge in [0, 0.05) is 24.7 Å². The lowest BCUT2D eigenvalue weighted by molar-refractivity contribution is -0.140. The molecule has 1 aliphatic rings. The summed E-state index contributed by atoms with van der Waals surface area (Å²) < 4.78 is 134. The van der Waals surface area contributed by atoms with Crippen molar-refractivity contribution in [3.63, 3.8) is 0 Å². The lowest BCUT2D eigenvalue weighted by Gasteiger charge is -2.34. The Morgan fingerprint density at radius 1 is 0.780 bits per heavy atom. The van der Waals surface area contributed by atoms with E-state index in [0.29, 0.717) is 23.8 Å². The zero-order chi connectivity index (χ0) is 30.2. The molecule has 0 unspecified atom stereocenters. The highest BCUT2D eigenvalue weighted by molar-refractivity contribution is 7.91. The van der Waals surface area contributed by atoms with Crippen LogP contribution in [0.25, 0.3) is 0 Å². The van der Waals surface area contributed by atoms with Gasteiger partial charge in [0.1, 0.15) is 4.99 Å². The summed E-state index contributed by atoms with van der Waals surface area (Å²) in [7, 11) is -9.15. The second kappa shape index (κ2) is 11.3. The van der Waals surface area contributed by atoms with Gasteiger partial charge in [0.15, 0.2) is 0 Å². The molecule has 1 aliphatic heterocycles. The number of nitrogens with zero attached hydrogens (tertiary/aromatic N) is 1. The normalized spacial score (nSPS) is 15.6. The van der Waals surface area contributed by atoms with Crippen LogP contribution in [-0.2, 0) is 32.2 Å². The summed E-state index contributed by atoms with van der Waals surface area (Å²) in [6, 6.07) is 12.0. The summed E-state index contributed by atoms with van der Waals surface area (Å²) in [4.78, 5) is -0.138. The van der Waals surface area contributed by atoms with E-state index in [0.717, 1.165) is 12.1 Å². The Balaban J connectivity index is 1.53. The van der Waals surface area contributed by atoms with E-state index in [2.05, 4.69) is 4.72 Å². The van der Waals surface area contributed by atoms with Crippen molar-refractivity contribution in [3.8, 4) is 0 Å². The van der Waals surface area contributed by atoms with Crippen LogP contribution in [0.2, 0.25) is 0 Å². The maximum Gasteiger partial charge on any atom is 0.417 e. The van der Waals surface area contributed by atoms with Crippen molar-refractivity contribution in [2.75, 3.05) is 13.1 Å². The van der Waals surface area contributed by atoms with Gasteiger partial charge in [0.2, 0.25) is 19.9 Å². The van der Waals surface area contributed by atoms with Crippen LogP contribution in [-0.4, -0.2) is 45.9 Å². The lowest BCUT2D eigenvalue weighted by Crippen LogP contribution is -2.46. The molecular formula is C26H22F6N2O4S3. The van der Waals surface area contributed by atoms with Crippen molar-refractivity contribution in [1.82, 2.24) is 9.62 Å². The van der Waals surface area contributed by atoms with E-state index < -0.39 is 59.2 Å². The minimum absolute atomic E-state index is 0.128. The molecule has 0 aromatic heterocycles. The first-order valence-electron chi connectivity index (χ1n) is 12.0. The number of alkyl halides is 6. The molecule has 0 radical (unpaired) electrons. The Hall–Kier alpha value is -3.01. The van der Waals surface area contributed by atoms with Crippen molar-refractivity contribution in [1.29, 1.82) is 0 Å². The highest BCUT2D eigenvalue weighted by Gasteiger charge is 2.39. The topological polar surface area (TPSA) is 83.6 Å². The van der Waals surface area contributed by atoms with Gasteiger partial charge >= 0.3 is 12.4 Å². The highest BCUT2D eigenvalue weighted by atomic mass is 32.2. The number of sulfonamides is 1. The number of sulfone groups is 1. The van der Waals surface area contributed by atoms with E-state index in [1.807, 2.05) is 0 Å². The van der Waals surface area contributed by atoms with E-state index in [-0.39, 0.29) is 35.8 Å². The number of hydrogen-bond donors (Lipinski definition) is 1. The first-order chi connectivity index (χ1) is 19.0. The molecule has 3 aromatic rings. The van der Waals surface area contributed by atoms with Gasteiger partial charge in [-0.1, -0.05) is 42.5 Å². The molecule has 0 aliphatic carbocycles. The molecular weight excluding hydrogens is 614 g/mol. The lowest BCUT2D eigenvalue weighted by atomic mass is 10.0. The molecule has 0 amide bonds. The van der Waals surface area contributed by atoms with Crippen LogP contribution in [0, 0.1) is 0 Å². The average Bonchev–Trinajstić information content (AvgIpc) is 2.92. The Morgan fingerprint density at radius 2 is 1.37 bits per heavy atom. The quantitative estimate of drug-likeness (QED) is 0.277. The first-order valence-corrected chi connectivity index (χ1v) is 15.4. The first kappa shape index (κ1) is 30.9. The summed E-state index contributed by atoms with van der Waals surface area (Å²) in [5.74, 6) is 0. The van der Waals surface area contributed by atoms with E-state index in [1.54, 1.807) is 11.0 Å². The highest BCUT2D eigenvalue weighted by Crippen LogP contribution is 2.37. The third kappa shape index (κ3) is 6.90. The number of rotatable bonds is 6. The van der Waals surface area contributed by atoms with E-state index in [1.165, 1.54) is 36.4 Å². The predicted octanol–water partition coefficient (Wildman–Crippen LogP) is 5.68. The van der Waals surface area contributed by atoms with Crippen molar-refractivity contribution in [3.05, 3.63) is 89.5 Å². The molecule has 1 heterocycles. The predicted molar refractivity (Wildman–Crippen MR) is 141 cm³/mol. The molecule has 1 fully saturated rings. The summed E-state index contributed by atoms with van der Waals surface area (Å²) >= 11 is 5.37. The third-order valence-electron chi connectivity index (χ3n) is 6.47. The molecule has 6 nitrogen and oxygen atoms in total. The van der Waals surface area contributed by atoms with Crippen molar-refractivity contribution in [2.45, 2.75) is 45.9 Å². The number of likely N-dealkylation sites (tertiary alicyclic amines) is 1. The molecule has 4 rings (SSSR count). The molecule has 220 valence electrons. The second-order valence-corrected chi connectivity index (χ2v) is 13.3. The van der Waals surface area contributed by atoms with Gasteiger partial charge in [0.25, 0.3) is 0 Å². The Labute approximate surface area is 238 Å². The molecule has 0 bridgehead atoms. The van der Waals surface area contributed by atoms with Gasteiger partial charge in [-0.25, -0.2) is 21.6 Å². The molecule has 1 N–H and O–H groups in total. The molecule has 1 saturated heterocycles. The fourth-order valence-electron chi connectivity index (χ4n) is 4.33. The van der Waals surface area contributed by atoms with Crippen LogP contribution in [0.15, 0.2) is 87.5 Å². The van der Waals surface area contributed by atoms with Gasteiger partial charge in [-0.2, -0.15) is 26.3 Å². The fourth-order valence-corrected chi connectivity index (χ4v) is 7.59. The number of benzene rings is 3. The molecule has 0 atom stereocenters. The molecule has 0 spiro atoms. The number of nitrogens with one attached hydrogen (secondary N) is 1. The van der Waals surface area contributed by atoms with Crippen molar-refractivity contribution in [2.24, 2.45) is 0 Å². The number of hydrogen-bond acceptors (Lipinski definition) is 5. The van der Waals surface area contributed by atoms with Crippen LogP contribution in [0.3, 0.4) is 0 Å². The maximum atomic E-state index is 13.8. The fraction of sp³-hybridized carbons (Fsp3) is 0.269. The summed E-state index contributed by atoms with van der Waals surface area (Å²) in [6.07, 6.45) is -9.34. The van der Waals surface area contributed by atoms with Crippen molar-refractivity contribution < 1.29 is 43.2 Å². The SMILES string of the molecule is O=S(=O)(NC1CCN(C(=S)c2ccc(C(F)(F)F)cc2)CC1)c1cc(S(=O)(=O)c2ccccc2)ccc1C(F)(F)F. The zero-order valence-corrected chi connectivity index (χ0v) is 23.4. The van der Waals surface area contributed by atoms with Crippen LogP contribution < -0.4 is 4.72 Å². The molecule has 15 heteroatoms. The minimum Gasteiger partial charge on any atom is -0.362 e. The van der Waals surface area contributed by atoms with E-state index in [4.69, 9.17) is 12.2 Å². The number of piperidine rings is 1. The Morgan fingerprint density at radius 3 is 1.90 bits per heavy atom. The van der Waals surface area contributed by atoms with Crippen LogP contribution in [0.1, 0.15) is 29.5 Å². The number of thiocarbonyl (C=S) groups is 1. The largest absolute Gasteiger partial charge is 0.417 e. The average molecular weight is 637 g/mol. The van der Waals surface area contributed by atoms with Crippen LogP contribution in [0.5, 0.6) is 0 Å². The second-order valence-electron chi connectivity index (χ2n) is 9.24. The maximum absolute atomic E-state index is 13.8. The zero-order valence-electron chi connectivity index (χ0n) is 20.9. The molecule has 41 heavy (non-hydrogen) atoms. The summed E-state index contributed by atoms with van der Waals surface area (Å²) in [5.41, 5.74) is -1.99. The molecule has 3 aromatic carbocycles.